The average Bonchev–Trinajstić information content (AvgIpc) is 3.18. The minimum Gasteiger partial charge on any atom is -0.490 e. The molecule has 0 amide bonds. The van der Waals surface area contributed by atoms with Crippen LogP contribution in [0.1, 0.15) is 50.8 Å². The molecule has 35 heavy (non-hydrogen) atoms. The topological polar surface area (TPSA) is 69.9 Å². The molecule has 3 aromatic rings. The largest absolute Gasteiger partial charge is 0.490 e. The number of carbonyl (C=O) groups excluding carboxylic acids is 1. The van der Waals surface area contributed by atoms with E-state index in [1.807, 2.05) is 57.2 Å². The normalized spacial score (nSPS) is 16.5. The van der Waals surface area contributed by atoms with Crippen LogP contribution >= 0.6 is 22.9 Å². The summed E-state index contributed by atoms with van der Waals surface area (Å²) < 4.78 is 13.2. The molecule has 8 heteroatoms. The van der Waals surface area contributed by atoms with Gasteiger partial charge in [0, 0.05) is 10.6 Å². The first-order chi connectivity index (χ1) is 16.9. The van der Waals surface area contributed by atoms with Crippen molar-refractivity contribution in [1.29, 1.82) is 0 Å². The predicted molar refractivity (Wildman–Crippen MR) is 139 cm³/mol. The van der Waals surface area contributed by atoms with Crippen LogP contribution < -0.4 is 19.6 Å². The molecule has 182 valence electrons. The van der Waals surface area contributed by atoms with Crippen molar-refractivity contribution in [3.63, 3.8) is 0 Å². The minimum atomic E-state index is -0.632. The van der Waals surface area contributed by atoms with E-state index in [2.05, 4.69) is 0 Å². The van der Waals surface area contributed by atoms with E-state index in [4.69, 9.17) is 26.1 Å². The van der Waals surface area contributed by atoms with Crippen LogP contribution in [0.15, 0.2) is 69.6 Å². The van der Waals surface area contributed by atoms with Gasteiger partial charge in [-0.1, -0.05) is 67.1 Å². The number of nitrogens with zero attached hydrogens (tertiary/aromatic N) is 2. The molecule has 1 aromatic heterocycles. The molecule has 1 aliphatic rings. The number of allylic oxidation sites excluding steroid dienone is 1. The molecule has 0 saturated heterocycles. The van der Waals surface area contributed by atoms with Gasteiger partial charge in [0.15, 0.2) is 4.80 Å². The highest BCUT2D eigenvalue weighted by Crippen LogP contribution is 2.32. The predicted octanol–water partition coefficient (Wildman–Crippen LogP) is 4.63. The number of halogens is 1. The molecule has 0 radical (unpaired) electrons. The number of esters is 1. The second-order valence-corrected chi connectivity index (χ2v) is 9.66. The van der Waals surface area contributed by atoms with Gasteiger partial charge >= 0.3 is 5.97 Å². The Morgan fingerprint density at radius 3 is 2.63 bits per heavy atom. The molecule has 0 bridgehead atoms. The third-order valence-corrected chi connectivity index (χ3v) is 7.15. The summed E-state index contributed by atoms with van der Waals surface area (Å²) in [6, 6.07) is 14.2. The standard InChI is InChI=1S/C27H27ClN2O4S/c1-5-16(3)34-21-13-12-19(28)14-18(21)15-22-25(31)30-24(17-10-8-7-9-11-17)23(26(32)33-4)20(6-2)29-27(30)35-22/h7-16,24H,5-6H2,1-4H3/b22-15+/t16-,24+/m0/s1. The molecule has 6 nitrogen and oxygen atoms in total. The third-order valence-electron chi connectivity index (χ3n) is 5.93. The van der Waals surface area contributed by atoms with Crippen LogP contribution in [0.4, 0.5) is 0 Å². The molecule has 1 aliphatic heterocycles. The van der Waals surface area contributed by atoms with Gasteiger partial charge in [0.05, 0.1) is 35.1 Å². The quantitative estimate of drug-likeness (QED) is 0.434. The van der Waals surface area contributed by atoms with E-state index < -0.39 is 12.0 Å². The van der Waals surface area contributed by atoms with E-state index in [-0.39, 0.29) is 11.7 Å². The first-order valence-electron chi connectivity index (χ1n) is 11.5. The number of hydrogen-bond acceptors (Lipinski definition) is 6. The van der Waals surface area contributed by atoms with Crippen LogP contribution in [0.25, 0.3) is 6.08 Å². The van der Waals surface area contributed by atoms with E-state index in [9.17, 15) is 9.59 Å². The number of hydrogen-bond donors (Lipinski definition) is 0. The molecule has 0 aliphatic carbocycles. The SMILES string of the molecule is CCC1=C(C(=O)OC)[C@@H](c2ccccc2)n2c(s/c(=C/c3cc(Cl)ccc3O[C@@H](C)CC)c2=O)=N1. The Bertz CT molecular complexity index is 1460. The minimum absolute atomic E-state index is 0.0114. The molecule has 0 N–H and O–H groups in total. The maximum Gasteiger partial charge on any atom is 0.338 e. The van der Waals surface area contributed by atoms with Gasteiger partial charge in [0.1, 0.15) is 5.75 Å². The van der Waals surface area contributed by atoms with E-state index in [1.54, 1.807) is 22.8 Å². The maximum atomic E-state index is 13.8. The molecule has 0 spiro atoms. The molecule has 4 rings (SSSR count). The molecule has 0 fully saturated rings. The fourth-order valence-corrected chi connectivity index (χ4v) is 5.19. The van der Waals surface area contributed by atoms with Crippen LogP contribution in [0.3, 0.4) is 0 Å². The molecular formula is C27H27ClN2O4S. The molecular weight excluding hydrogens is 484 g/mol. The van der Waals surface area contributed by atoms with Gasteiger partial charge in [0.25, 0.3) is 5.56 Å². The van der Waals surface area contributed by atoms with E-state index in [1.165, 1.54) is 18.4 Å². The third kappa shape index (κ3) is 4.97. The number of benzene rings is 2. The average molecular weight is 511 g/mol. The Morgan fingerprint density at radius 1 is 1.23 bits per heavy atom. The number of fused-ring (bicyclic) bond motifs is 1. The van der Waals surface area contributed by atoms with Crippen molar-refractivity contribution < 1.29 is 14.3 Å². The van der Waals surface area contributed by atoms with Gasteiger partial charge in [-0.25, -0.2) is 9.79 Å². The summed E-state index contributed by atoms with van der Waals surface area (Å²) in [6.45, 7) is 5.97. The van der Waals surface area contributed by atoms with Crippen molar-refractivity contribution in [3.05, 3.63) is 95.6 Å². The second-order valence-electron chi connectivity index (χ2n) is 8.22. The summed E-state index contributed by atoms with van der Waals surface area (Å²) in [5.74, 6) is 0.159. The Kier molecular flexibility index (Phi) is 7.57. The summed E-state index contributed by atoms with van der Waals surface area (Å²) in [7, 11) is 1.34. The van der Waals surface area contributed by atoms with Gasteiger partial charge in [-0.2, -0.15) is 0 Å². The fraction of sp³-hybridized carbons (Fsp3) is 0.296. The first kappa shape index (κ1) is 24.9. The first-order valence-corrected chi connectivity index (χ1v) is 12.7. The van der Waals surface area contributed by atoms with Gasteiger partial charge in [-0.05, 0) is 49.6 Å². The van der Waals surface area contributed by atoms with E-state index >= 15 is 0 Å². The summed E-state index contributed by atoms with van der Waals surface area (Å²) in [4.78, 5) is 31.9. The van der Waals surface area contributed by atoms with Crippen LogP contribution in [-0.4, -0.2) is 23.8 Å². The zero-order valence-electron chi connectivity index (χ0n) is 20.1. The second kappa shape index (κ2) is 10.6. The van der Waals surface area contributed by atoms with E-state index in [0.717, 1.165) is 12.0 Å². The number of thiazole rings is 1. The monoisotopic (exact) mass is 510 g/mol. The van der Waals surface area contributed by atoms with Crippen molar-refractivity contribution in [2.75, 3.05) is 7.11 Å². The lowest BCUT2D eigenvalue weighted by molar-refractivity contribution is -0.136. The Balaban J connectivity index is 1.96. The lowest BCUT2D eigenvalue weighted by Gasteiger charge is -2.25. The van der Waals surface area contributed by atoms with Crippen molar-refractivity contribution in [2.24, 2.45) is 4.99 Å². The summed E-state index contributed by atoms with van der Waals surface area (Å²) >= 11 is 7.55. The summed E-state index contributed by atoms with van der Waals surface area (Å²) in [6.07, 6.45) is 3.16. The lowest BCUT2D eigenvalue weighted by Crippen LogP contribution is -2.40. The van der Waals surface area contributed by atoms with Crippen LogP contribution in [0.2, 0.25) is 5.02 Å². The summed E-state index contributed by atoms with van der Waals surface area (Å²) in [5.41, 5.74) is 2.27. The Hall–Kier alpha value is -3.16. The molecule has 0 unspecified atom stereocenters. The van der Waals surface area contributed by atoms with Crippen LogP contribution in [0.5, 0.6) is 5.75 Å². The smallest absolute Gasteiger partial charge is 0.338 e. The van der Waals surface area contributed by atoms with Crippen LogP contribution in [0, 0.1) is 0 Å². The van der Waals surface area contributed by atoms with Crippen molar-refractivity contribution in [3.8, 4) is 5.75 Å². The number of rotatable bonds is 7. The van der Waals surface area contributed by atoms with Crippen molar-refractivity contribution in [1.82, 2.24) is 4.57 Å². The Morgan fingerprint density at radius 2 is 1.97 bits per heavy atom. The highest BCUT2D eigenvalue weighted by Gasteiger charge is 2.33. The van der Waals surface area contributed by atoms with Crippen LogP contribution in [-0.2, 0) is 9.53 Å². The zero-order chi connectivity index (χ0) is 25.1. The number of ether oxygens (including phenoxy) is 2. The van der Waals surface area contributed by atoms with Gasteiger partial charge in [-0.15, -0.1) is 0 Å². The van der Waals surface area contributed by atoms with Crippen molar-refractivity contribution >= 4 is 35.0 Å². The lowest BCUT2D eigenvalue weighted by atomic mass is 9.95. The highest BCUT2D eigenvalue weighted by atomic mass is 35.5. The fourth-order valence-electron chi connectivity index (χ4n) is 4.00. The van der Waals surface area contributed by atoms with Gasteiger partial charge in [-0.3, -0.25) is 9.36 Å². The molecule has 2 heterocycles. The van der Waals surface area contributed by atoms with Gasteiger partial charge < -0.3 is 9.47 Å². The number of carbonyl (C=O) groups is 1. The molecule has 0 saturated carbocycles. The number of aromatic nitrogens is 1. The summed E-state index contributed by atoms with van der Waals surface area (Å²) in [5, 5.41) is 0.545. The molecule has 2 aromatic carbocycles. The maximum absolute atomic E-state index is 13.8. The van der Waals surface area contributed by atoms with Gasteiger partial charge in [0.2, 0.25) is 0 Å². The highest BCUT2D eigenvalue weighted by molar-refractivity contribution is 7.07. The molecule has 2 atom stereocenters. The number of methoxy groups -OCH3 is 1. The van der Waals surface area contributed by atoms with Crippen molar-refractivity contribution in [2.45, 2.75) is 45.8 Å². The van der Waals surface area contributed by atoms with E-state index in [0.29, 0.717) is 43.4 Å². The Labute approximate surface area is 212 Å². The zero-order valence-corrected chi connectivity index (χ0v) is 21.7.